The summed E-state index contributed by atoms with van der Waals surface area (Å²) in [6, 6.07) is 45.6. The molecule has 0 fully saturated rings. The van der Waals surface area contributed by atoms with Crippen LogP contribution in [-0.4, -0.2) is 14.1 Å². The van der Waals surface area contributed by atoms with Gasteiger partial charge in [-0.3, -0.25) is 0 Å². The Morgan fingerprint density at radius 1 is 0.559 bits per heavy atom. The minimum Gasteiger partial charge on any atom is -0.657 e. The standard InChI is InChI=1S/C37H41N4.C14H6N3.Pt/c1-24(2)27-19-31(25(3)4)37(32(20-27)26(5)6)28-17-29(40-22-38(7)33-13-9-11-15-35(33)40)21-30(18-28)41-23-39(8)34-14-10-12-16-36(34)41;15-7-9-1-3-13-11(5-9)12-6-10(8-16)2-4-14(12)17-13;/h9-20,22-26H,1-8H3;1-6H;/q-3;-1;+4. The minimum absolute atomic E-state index is 0. The molecular weight excluding hydrogens is 906 g/mol. The van der Waals surface area contributed by atoms with Crippen LogP contribution in [0.1, 0.15) is 87.1 Å². The maximum absolute atomic E-state index is 8.88. The Labute approximate surface area is 363 Å². The Hall–Kier alpha value is -6.01. The molecule has 0 spiro atoms. The molecule has 296 valence electrons. The second-order valence-corrected chi connectivity index (χ2v) is 16.1. The molecule has 0 amide bonds. The number of benzene rings is 6. The van der Waals surface area contributed by atoms with Crippen LogP contribution in [0.15, 0.2) is 109 Å². The zero-order valence-corrected chi connectivity index (χ0v) is 37.0. The first-order valence-electron chi connectivity index (χ1n) is 19.9. The van der Waals surface area contributed by atoms with Crippen molar-refractivity contribution in [2.24, 2.45) is 0 Å². The Morgan fingerprint density at radius 2 is 0.983 bits per heavy atom. The summed E-state index contributed by atoms with van der Waals surface area (Å²) in [5.74, 6) is 1.27. The molecule has 7 nitrogen and oxygen atoms in total. The van der Waals surface area contributed by atoms with E-state index >= 15 is 0 Å². The van der Waals surface area contributed by atoms with Gasteiger partial charge in [0.05, 0.1) is 23.3 Å². The molecule has 0 saturated heterocycles. The van der Waals surface area contributed by atoms with Crippen molar-refractivity contribution in [1.82, 2.24) is 4.98 Å². The van der Waals surface area contributed by atoms with Crippen LogP contribution in [0.5, 0.6) is 0 Å². The summed E-state index contributed by atoms with van der Waals surface area (Å²) in [7, 11) is 4.23. The molecule has 59 heavy (non-hydrogen) atoms. The number of fused-ring (bicyclic) bond motifs is 5. The van der Waals surface area contributed by atoms with E-state index in [9.17, 15) is 0 Å². The molecule has 0 atom stereocenters. The van der Waals surface area contributed by atoms with Crippen molar-refractivity contribution in [3.63, 3.8) is 0 Å². The van der Waals surface area contributed by atoms with Crippen molar-refractivity contribution in [3.05, 3.63) is 156 Å². The van der Waals surface area contributed by atoms with Crippen molar-refractivity contribution in [2.45, 2.75) is 59.3 Å². The first-order chi connectivity index (χ1) is 27.9. The maximum atomic E-state index is 8.88. The molecule has 1 aromatic heterocycles. The molecule has 0 aliphatic carbocycles. The number of anilines is 6. The van der Waals surface area contributed by atoms with E-state index < -0.39 is 0 Å². The van der Waals surface area contributed by atoms with Gasteiger partial charge in [-0.25, -0.2) is 0 Å². The molecule has 0 bridgehead atoms. The van der Waals surface area contributed by atoms with Crippen LogP contribution < -0.4 is 24.6 Å². The molecule has 7 aromatic rings. The fourth-order valence-corrected chi connectivity index (χ4v) is 8.11. The van der Waals surface area contributed by atoms with Crippen molar-refractivity contribution in [2.75, 3.05) is 33.7 Å². The predicted octanol–water partition coefficient (Wildman–Crippen LogP) is 12.6. The van der Waals surface area contributed by atoms with Gasteiger partial charge in [-0.1, -0.05) is 90.1 Å². The van der Waals surface area contributed by atoms with Crippen molar-refractivity contribution < 1.29 is 21.1 Å². The fourth-order valence-electron chi connectivity index (χ4n) is 8.11. The third-order valence-corrected chi connectivity index (χ3v) is 11.2. The molecule has 2 aliphatic heterocycles. The summed E-state index contributed by atoms with van der Waals surface area (Å²) in [5.41, 5.74) is 16.5. The number of nitrogens with zero attached hydrogens (tertiary/aromatic N) is 7. The van der Waals surface area contributed by atoms with Crippen LogP contribution in [-0.2, 0) is 21.1 Å². The van der Waals surface area contributed by atoms with E-state index in [0.29, 0.717) is 28.9 Å². The molecule has 0 unspecified atom stereocenters. The molecule has 0 radical (unpaired) electrons. The average molecular weight is 953 g/mol. The van der Waals surface area contributed by atoms with Gasteiger partial charge in [-0.05, 0) is 113 Å². The number of rotatable bonds is 6. The van der Waals surface area contributed by atoms with E-state index in [1.165, 1.54) is 50.6 Å². The summed E-state index contributed by atoms with van der Waals surface area (Å²) in [4.78, 5) is 13.4. The molecule has 0 saturated carbocycles. The third kappa shape index (κ3) is 7.69. The van der Waals surface area contributed by atoms with Gasteiger partial charge in [0.1, 0.15) is 0 Å². The normalized spacial score (nSPS) is 13.1. The van der Waals surface area contributed by atoms with Gasteiger partial charge >= 0.3 is 21.1 Å². The van der Waals surface area contributed by atoms with Crippen LogP contribution in [0.2, 0.25) is 0 Å². The van der Waals surface area contributed by atoms with E-state index in [1.54, 1.807) is 12.1 Å². The number of hydrogen-bond donors (Lipinski definition) is 0. The first-order valence-corrected chi connectivity index (χ1v) is 19.9. The van der Waals surface area contributed by atoms with E-state index in [2.05, 4.69) is 185 Å². The van der Waals surface area contributed by atoms with Crippen LogP contribution in [0.25, 0.3) is 32.9 Å². The molecule has 2 aliphatic rings. The van der Waals surface area contributed by atoms with Gasteiger partial charge in [0.15, 0.2) is 0 Å². The van der Waals surface area contributed by atoms with E-state index in [1.807, 2.05) is 24.3 Å². The molecule has 8 heteroatoms. The van der Waals surface area contributed by atoms with E-state index in [-0.39, 0.29) is 21.1 Å². The number of para-hydroxylation sites is 4. The zero-order valence-electron chi connectivity index (χ0n) is 34.7. The summed E-state index contributed by atoms with van der Waals surface area (Å²) in [6.07, 6.45) is 0. The summed E-state index contributed by atoms with van der Waals surface area (Å²) in [6.45, 7) is 18.2. The largest absolute Gasteiger partial charge is 4.00 e. The number of aromatic nitrogens is 1. The van der Waals surface area contributed by atoms with E-state index in [0.717, 1.165) is 33.2 Å². The Morgan fingerprint density at radius 3 is 1.37 bits per heavy atom. The van der Waals surface area contributed by atoms with E-state index in [4.69, 9.17) is 10.5 Å². The fraction of sp³-hybridized carbons (Fsp3) is 0.216. The molecule has 9 rings (SSSR count). The minimum atomic E-state index is 0. The van der Waals surface area contributed by atoms with Crippen LogP contribution in [0, 0.1) is 42.1 Å². The van der Waals surface area contributed by atoms with Gasteiger partial charge in [-0.15, -0.1) is 46.2 Å². The van der Waals surface area contributed by atoms with Gasteiger partial charge in [0, 0.05) is 22.7 Å². The quantitative estimate of drug-likeness (QED) is 0.154. The molecular formula is C51H47N7Pt. The summed E-state index contributed by atoms with van der Waals surface area (Å²) >= 11 is 0. The van der Waals surface area contributed by atoms with Gasteiger partial charge in [0.25, 0.3) is 0 Å². The monoisotopic (exact) mass is 952 g/mol. The van der Waals surface area contributed by atoms with Crippen molar-refractivity contribution >= 4 is 55.9 Å². The maximum Gasteiger partial charge on any atom is 4.00 e. The van der Waals surface area contributed by atoms with Gasteiger partial charge in [0.2, 0.25) is 0 Å². The first kappa shape index (κ1) is 41.2. The summed E-state index contributed by atoms with van der Waals surface area (Å²) < 4.78 is 0. The van der Waals surface area contributed by atoms with Crippen molar-refractivity contribution in [3.8, 4) is 23.3 Å². The van der Waals surface area contributed by atoms with Crippen LogP contribution >= 0.6 is 0 Å². The topological polar surface area (TPSA) is 74.6 Å². The summed E-state index contributed by atoms with van der Waals surface area (Å²) in [5, 5.41) is 19.6. The van der Waals surface area contributed by atoms with Gasteiger partial charge < -0.3 is 24.6 Å². The number of hydrogen-bond acceptors (Lipinski definition) is 6. The van der Waals surface area contributed by atoms with Crippen LogP contribution in [0.4, 0.5) is 34.1 Å². The molecule has 6 aromatic carbocycles. The molecule has 3 heterocycles. The van der Waals surface area contributed by atoms with Gasteiger partial charge in [-0.2, -0.15) is 23.9 Å². The second-order valence-electron chi connectivity index (χ2n) is 16.1. The number of nitriles is 2. The van der Waals surface area contributed by atoms with Crippen molar-refractivity contribution in [1.29, 1.82) is 10.5 Å². The smallest absolute Gasteiger partial charge is 0.657 e. The zero-order chi connectivity index (χ0) is 40.8. The Balaban J connectivity index is 0.000000244. The average Bonchev–Trinajstić information content (AvgIpc) is 3.90. The third-order valence-electron chi connectivity index (χ3n) is 11.2. The Bertz CT molecular complexity index is 2590. The predicted molar refractivity (Wildman–Crippen MR) is 240 cm³/mol. The molecule has 0 N–H and O–H groups in total. The Kier molecular flexibility index (Phi) is 11.6. The second kappa shape index (κ2) is 16.7. The SMILES string of the molecule is CC(C)c1cc(C(C)C)c(-c2cc(N3[CH-]N(C)c4ccccc43)[c-]c(N3[CH-]N(C)c4ccccc43)c2)c(C(C)C)c1.N#Cc1ccc2[n-]c3ccc(C#N)cc3c2c1.[Pt+4]. The van der Waals surface area contributed by atoms with Crippen LogP contribution in [0.3, 0.4) is 0 Å².